The Labute approximate surface area is 109 Å². The van der Waals surface area contributed by atoms with Crippen molar-refractivity contribution in [3.05, 3.63) is 24.2 Å². The molecule has 1 N–H and O–H groups in total. The van der Waals surface area contributed by atoms with Crippen LogP contribution < -0.4 is 0 Å². The van der Waals surface area contributed by atoms with E-state index in [0.717, 1.165) is 0 Å². The van der Waals surface area contributed by atoms with Gasteiger partial charge in [-0.25, -0.2) is 8.42 Å². The summed E-state index contributed by atoms with van der Waals surface area (Å²) >= 11 is 0. The molecule has 2 heterocycles. The highest BCUT2D eigenvalue weighted by Crippen LogP contribution is 2.18. The van der Waals surface area contributed by atoms with E-state index in [4.69, 9.17) is 9.52 Å². The Hall–Kier alpha value is -1.83. The van der Waals surface area contributed by atoms with Crippen molar-refractivity contribution in [1.29, 1.82) is 0 Å². The van der Waals surface area contributed by atoms with E-state index in [0.29, 0.717) is 0 Å². The smallest absolute Gasteiger partial charge is 0.305 e. The lowest BCUT2D eigenvalue weighted by atomic mass is 10.1. The summed E-state index contributed by atoms with van der Waals surface area (Å²) in [5.74, 6) is -2.00. The van der Waals surface area contributed by atoms with Gasteiger partial charge in [0, 0.05) is 6.54 Å². The molecule has 0 radical (unpaired) electrons. The lowest BCUT2D eigenvalue weighted by Gasteiger charge is -2.34. The van der Waals surface area contributed by atoms with Crippen LogP contribution in [-0.2, 0) is 14.6 Å². The number of carboxylic acids is 1. The van der Waals surface area contributed by atoms with E-state index in [-0.39, 0.29) is 30.0 Å². The van der Waals surface area contributed by atoms with Gasteiger partial charge in [0.1, 0.15) is 6.26 Å². The van der Waals surface area contributed by atoms with E-state index in [1.807, 2.05) is 0 Å². The van der Waals surface area contributed by atoms with Crippen LogP contribution >= 0.6 is 0 Å². The minimum atomic E-state index is -3.29. The van der Waals surface area contributed by atoms with Crippen molar-refractivity contribution < 1.29 is 27.5 Å². The monoisotopic (exact) mass is 287 g/mol. The second kappa shape index (κ2) is 5.04. The summed E-state index contributed by atoms with van der Waals surface area (Å²) in [5, 5.41) is 8.81. The van der Waals surface area contributed by atoms with Crippen LogP contribution in [0, 0.1) is 0 Å². The number of aliphatic carboxylic acids is 1. The summed E-state index contributed by atoms with van der Waals surface area (Å²) in [6.45, 7) is 0.00426. The molecule has 104 valence electrons. The first-order valence-corrected chi connectivity index (χ1v) is 7.46. The Morgan fingerprint density at radius 2 is 2.21 bits per heavy atom. The minimum Gasteiger partial charge on any atom is -0.481 e. The van der Waals surface area contributed by atoms with Crippen LogP contribution in [-0.4, -0.2) is 54.4 Å². The Balaban J connectivity index is 2.22. The maximum atomic E-state index is 12.1. The number of hydrogen-bond donors (Lipinski definition) is 1. The first-order valence-electron chi connectivity index (χ1n) is 5.64. The van der Waals surface area contributed by atoms with Crippen molar-refractivity contribution in [3.8, 4) is 0 Å². The molecule has 1 amide bonds. The zero-order valence-electron chi connectivity index (χ0n) is 9.98. The van der Waals surface area contributed by atoms with Gasteiger partial charge >= 0.3 is 5.97 Å². The third-order valence-corrected chi connectivity index (χ3v) is 4.67. The largest absolute Gasteiger partial charge is 0.481 e. The van der Waals surface area contributed by atoms with Crippen molar-refractivity contribution in [1.82, 2.24) is 4.90 Å². The number of hydrogen-bond acceptors (Lipinski definition) is 5. The minimum absolute atomic E-state index is 0.00426. The molecule has 8 heteroatoms. The summed E-state index contributed by atoms with van der Waals surface area (Å²) in [7, 11) is -3.29. The fraction of sp³-hybridized carbons (Fsp3) is 0.455. The number of carbonyl (C=O) groups is 2. The normalized spacial score (nSPS) is 22.1. The van der Waals surface area contributed by atoms with Crippen LogP contribution in [0.25, 0.3) is 0 Å². The molecule has 2 rings (SSSR count). The number of sulfone groups is 1. The molecule has 1 saturated heterocycles. The lowest BCUT2D eigenvalue weighted by molar-refractivity contribution is -0.138. The van der Waals surface area contributed by atoms with Crippen molar-refractivity contribution >= 4 is 21.7 Å². The number of amides is 1. The average Bonchev–Trinajstić information content (AvgIpc) is 2.79. The summed E-state index contributed by atoms with van der Waals surface area (Å²) < 4.78 is 27.9. The van der Waals surface area contributed by atoms with Gasteiger partial charge in [-0.15, -0.1) is 0 Å². The van der Waals surface area contributed by atoms with Gasteiger partial charge in [0.15, 0.2) is 9.84 Å². The second-order valence-electron chi connectivity index (χ2n) is 4.38. The summed E-state index contributed by atoms with van der Waals surface area (Å²) in [4.78, 5) is 24.2. The molecule has 0 bridgehead atoms. The van der Waals surface area contributed by atoms with Crippen molar-refractivity contribution in [3.63, 3.8) is 0 Å². The molecule has 0 aromatic carbocycles. The van der Waals surface area contributed by atoms with Gasteiger partial charge in [0.05, 0.1) is 35.8 Å². The molecule has 19 heavy (non-hydrogen) atoms. The first kappa shape index (κ1) is 13.6. The Kier molecular flexibility index (Phi) is 3.61. The average molecular weight is 287 g/mol. The van der Waals surface area contributed by atoms with Gasteiger partial charge in [-0.3, -0.25) is 9.59 Å². The highest BCUT2D eigenvalue weighted by molar-refractivity contribution is 7.91. The molecular weight excluding hydrogens is 274 g/mol. The second-order valence-corrected chi connectivity index (χ2v) is 6.61. The SMILES string of the molecule is O=C(O)CC1CS(=O)(=O)CCN1C(=O)c1ccoc1. The van der Waals surface area contributed by atoms with Gasteiger partial charge in [0.2, 0.25) is 0 Å². The van der Waals surface area contributed by atoms with Crippen LogP contribution in [0.5, 0.6) is 0 Å². The molecule has 1 aromatic heterocycles. The fourth-order valence-corrected chi connectivity index (χ4v) is 3.60. The predicted octanol–water partition coefficient (Wildman–Crippen LogP) is -0.00650. The van der Waals surface area contributed by atoms with Crippen LogP contribution in [0.4, 0.5) is 0 Å². The molecule has 1 aliphatic heterocycles. The van der Waals surface area contributed by atoms with Gasteiger partial charge < -0.3 is 14.4 Å². The van der Waals surface area contributed by atoms with Gasteiger partial charge in [-0.1, -0.05) is 0 Å². The van der Waals surface area contributed by atoms with E-state index >= 15 is 0 Å². The number of carboxylic acid groups (broad SMARTS) is 1. The molecule has 0 spiro atoms. The Morgan fingerprint density at radius 3 is 2.79 bits per heavy atom. The zero-order valence-corrected chi connectivity index (χ0v) is 10.8. The van der Waals surface area contributed by atoms with Crippen molar-refractivity contribution in [2.24, 2.45) is 0 Å². The summed E-state index contributed by atoms with van der Waals surface area (Å²) in [6, 6.07) is 0.627. The van der Waals surface area contributed by atoms with Crippen LogP contribution in [0.3, 0.4) is 0 Å². The van der Waals surface area contributed by atoms with Crippen molar-refractivity contribution in [2.75, 3.05) is 18.1 Å². The Bertz CT molecular complexity index is 576. The summed E-state index contributed by atoms with van der Waals surface area (Å²) in [6.07, 6.45) is 2.20. The molecule has 1 unspecified atom stereocenters. The molecular formula is C11H13NO6S. The quantitative estimate of drug-likeness (QED) is 0.838. The third kappa shape index (κ3) is 3.14. The number of nitrogens with zero attached hydrogens (tertiary/aromatic N) is 1. The van der Waals surface area contributed by atoms with Crippen molar-refractivity contribution in [2.45, 2.75) is 12.5 Å². The maximum Gasteiger partial charge on any atom is 0.305 e. The number of carbonyl (C=O) groups excluding carboxylic acids is 1. The van der Waals surface area contributed by atoms with Crippen LogP contribution in [0.2, 0.25) is 0 Å². The fourth-order valence-electron chi connectivity index (χ4n) is 2.08. The van der Waals surface area contributed by atoms with E-state index in [9.17, 15) is 18.0 Å². The number of rotatable bonds is 3. The predicted molar refractivity (Wildman–Crippen MR) is 64.4 cm³/mol. The molecule has 1 aliphatic rings. The third-order valence-electron chi connectivity index (χ3n) is 2.97. The topological polar surface area (TPSA) is 105 Å². The van der Waals surface area contributed by atoms with Crippen LogP contribution in [0.15, 0.2) is 23.0 Å². The standard InChI is InChI=1S/C11H13NO6S/c13-10(14)5-9-7-19(16,17)4-2-12(9)11(15)8-1-3-18-6-8/h1,3,6,9H,2,4-5,7H2,(H,13,14). The lowest BCUT2D eigenvalue weighted by Crippen LogP contribution is -2.51. The molecule has 0 saturated carbocycles. The Morgan fingerprint density at radius 1 is 1.47 bits per heavy atom. The number of furan rings is 1. The zero-order chi connectivity index (χ0) is 14.0. The van der Waals surface area contributed by atoms with Gasteiger partial charge in [-0.05, 0) is 6.07 Å². The molecule has 7 nitrogen and oxygen atoms in total. The molecule has 0 aliphatic carbocycles. The van der Waals surface area contributed by atoms with E-state index in [1.165, 1.54) is 23.5 Å². The highest BCUT2D eigenvalue weighted by atomic mass is 32.2. The highest BCUT2D eigenvalue weighted by Gasteiger charge is 2.35. The van der Waals surface area contributed by atoms with E-state index in [1.54, 1.807) is 0 Å². The van der Waals surface area contributed by atoms with E-state index in [2.05, 4.69) is 0 Å². The maximum absolute atomic E-state index is 12.1. The molecule has 1 atom stereocenters. The summed E-state index contributed by atoms with van der Waals surface area (Å²) in [5.41, 5.74) is 0.287. The first-order chi connectivity index (χ1) is 8.89. The van der Waals surface area contributed by atoms with Gasteiger partial charge in [-0.2, -0.15) is 0 Å². The molecule has 1 fully saturated rings. The van der Waals surface area contributed by atoms with Crippen LogP contribution in [0.1, 0.15) is 16.8 Å². The van der Waals surface area contributed by atoms with Gasteiger partial charge in [0.25, 0.3) is 5.91 Å². The van der Waals surface area contributed by atoms with E-state index < -0.39 is 27.8 Å². The molecule has 1 aromatic rings.